The number of hydrogen-bond donors (Lipinski definition) is 2. The van der Waals surface area contributed by atoms with Gasteiger partial charge in [0.2, 0.25) is 6.79 Å². The maximum Gasteiger partial charge on any atom is 0.230 e. The molecule has 0 amide bonds. The van der Waals surface area contributed by atoms with E-state index in [0.29, 0.717) is 11.5 Å². The smallest absolute Gasteiger partial charge is 0.230 e. The number of alkyl halides is 1. The van der Waals surface area contributed by atoms with Crippen molar-refractivity contribution < 1.29 is 9.47 Å². The SMILES string of the molecule is CNNC(C1=CCCC=NC(Br)C=C1)=C(Cl)CC1=CC2=C(CC=C1)OCO2. The minimum atomic E-state index is -0.0361. The van der Waals surface area contributed by atoms with Crippen molar-refractivity contribution in [2.24, 2.45) is 4.99 Å². The van der Waals surface area contributed by atoms with Gasteiger partial charge in [-0.2, -0.15) is 0 Å². The normalized spacial score (nSPS) is 23.0. The number of aliphatic imine (C=N–C) groups is 1. The summed E-state index contributed by atoms with van der Waals surface area (Å²) in [6.07, 6.45) is 17.4. The minimum absolute atomic E-state index is 0.0361. The molecule has 0 radical (unpaired) electrons. The van der Waals surface area contributed by atoms with Crippen LogP contribution < -0.4 is 10.9 Å². The molecule has 0 fully saturated rings. The Hall–Kier alpha value is -1.76. The highest BCUT2D eigenvalue weighted by atomic mass is 79.9. The van der Waals surface area contributed by atoms with E-state index >= 15 is 0 Å². The maximum absolute atomic E-state index is 6.76. The fraction of sp³-hybridized carbons (Fsp3) is 0.350. The predicted molar refractivity (Wildman–Crippen MR) is 113 cm³/mol. The third kappa shape index (κ3) is 5.61. The van der Waals surface area contributed by atoms with Crippen LogP contribution in [0.5, 0.6) is 0 Å². The molecule has 144 valence electrons. The fourth-order valence-corrected chi connectivity index (χ4v) is 3.54. The fourth-order valence-electron chi connectivity index (χ4n) is 2.91. The quantitative estimate of drug-likeness (QED) is 0.360. The lowest BCUT2D eigenvalue weighted by molar-refractivity contribution is 0.0731. The second kappa shape index (κ2) is 9.97. The van der Waals surface area contributed by atoms with Gasteiger partial charge in [0.15, 0.2) is 5.76 Å². The van der Waals surface area contributed by atoms with E-state index in [1.54, 1.807) is 0 Å². The van der Waals surface area contributed by atoms with E-state index in [1.807, 2.05) is 31.5 Å². The van der Waals surface area contributed by atoms with Crippen LogP contribution in [0.2, 0.25) is 0 Å². The van der Waals surface area contributed by atoms with Gasteiger partial charge in [-0.05, 0) is 36.1 Å². The number of nitrogens with one attached hydrogen (secondary N) is 2. The Labute approximate surface area is 173 Å². The molecule has 1 atom stereocenters. The van der Waals surface area contributed by atoms with Crippen LogP contribution in [-0.2, 0) is 9.47 Å². The summed E-state index contributed by atoms with van der Waals surface area (Å²) in [5, 5.41) is 0.713. The third-order valence-electron chi connectivity index (χ3n) is 4.19. The molecule has 27 heavy (non-hydrogen) atoms. The second-order valence-electron chi connectivity index (χ2n) is 6.15. The van der Waals surface area contributed by atoms with Crippen LogP contribution in [-0.4, -0.2) is 25.0 Å². The highest BCUT2D eigenvalue weighted by Gasteiger charge is 2.18. The van der Waals surface area contributed by atoms with Crippen molar-refractivity contribution >= 4 is 33.7 Å². The van der Waals surface area contributed by atoms with Gasteiger partial charge in [-0.15, -0.1) is 0 Å². The van der Waals surface area contributed by atoms with Crippen molar-refractivity contribution in [2.45, 2.75) is 30.6 Å². The van der Waals surface area contributed by atoms with Gasteiger partial charge < -0.3 is 14.9 Å². The molecule has 1 unspecified atom stereocenters. The van der Waals surface area contributed by atoms with Crippen molar-refractivity contribution in [1.29, 1.82) is 0 Å². The summed E-state index contributed by atoms with van der Waals surface area (Å²) in [5.41, 5.74) is 9.14. The van der Waals surface area contributed by atoms with E-state index in [-0.39, 0.29) is 11.7 Å². The molecule has 3 rings (SSSR count). The molecule has 7 heteroatoms. The van der Waals surface area contributed by atoms with Crippen LogP contribution in [0.25, 0.3) is 0 Å². The summed E-state index contributed by atoms with van der Waals surface area (Å²) in [5.74, 6) is 1.67. The lowest BCUT2D eigenvalue weighted by Crippen LogP contribution is -2.28. The van der Waals surface area contributed by atoms with E-state index in [1.165, 1.54) is 0 Å². The van der Waals surface area contributed by atoms with Gasteiger partial charge in [0.05, 0.1) is 5.70 Å². The topological polar surface area (TPSA) is 54.9 Å². The molecule has 5 nitrogen and oxygen atoms in total. The Balaban J connectivity index is 1.86. The molecule has 0 aromatic carbocycles. The highest BCUT2D eigenvalue weighted by molar-refractivity contribution is 9.09. The molecule has 0 saturated heterocycles. The zero-order chi connectivity index (χ0) is 19.1. The van der Waals surface area contributed by atoms with Gasteiger partial charge in [0.1, 0.15) is 10.7 Å². The van der Waals surface area contributed by atoms with Crippen LogP contribution in [0, 0.1) is 0 Å². The molecule has 0 aromatic rings. The first-order valence-corrected chi connectivity index (χ1v) is 10.2. The summed E-state index contributed by atoms with van der Waals surface area (Å²) in [4.78, 5) is 4.36. The first-order valence-electron chi connectivity index (χ1n) is 8.89. The highest BCUT2D eigenvalue weighted by Crippen LogP contribution is 2.30. The number of ether oxygens (including phenoxy) is 2. The van der Waals surface area contributed by atoms with Gasteiger partial charge in [-0.3, -0.25) is 4.99 Å². The van der Waals surface area contributed by atoms with E-state index in [4.69, 9.17) is 21.1 Å². The van der Waals surface area contributed by atoms with Crippen LogP contribution >= 0.6 is 27.5 Å². The van der Waals surface area contributed by atoms with Crippen LogP contribution in [0.4, 0.5) is 0 Å². The van der Waals surface area contributed by atoms with Crippen molar-refractivity contribution in [3.05, 3.63) is 69.8 Å². The molecule has 3 aliphatic rings. The van der Waals surface area contributed by atoms with Crippen LogP contribution in [0.3, 0.4) is 0 Å². The summed E-state index contributed by atoms with van der Waals surface area (Å²) in [7, 11) is 1.83. The first kappa shape index (κ1) is 20.0. The lowest BCUT2D eigenvalue weighted by atomic mass is 10.1. The molecule has 2 N–H and O–H groups in total. The molecule has 0 saturated carbocycles. The summed E-state index contributed by atoms with van der Waals surface area (Å²) in [6.45, 7) is 0.284. The van der Waals surface area contributed by atoms with E-state index in [2.05, 4.69) is 50.0 Å². The van der Waals surface area contributed by atoms with E-state index < -0.39 is 0 Å². The first-order chi connectivity index (χ1) is 13.2. The zero-order valence-corrected chi connectivity index (χ0v) is 17.5. The van der Waals surface area contributed by atoms with Gasteiger partial charge in [0, 0.05) is 31.1 Å². The van der Waals surface area contributed by atoms with Crippen LogP contribution in [0.1, 0.15) is 25.7 Å². The van der Waals surface area contributed by atoms with Gasteiger partial charge in [0.25, 0.3) is 0 Å². The lowest BCUT2D eigenvalue weighted by Gasteiger charge is -2.15. The van der Waals surface area contributed by atoms with Crippen molar-refractivity contribution in [3.8, 4) is 0 Å². The molecular formula is C20H23BrClN3O2. The van der Waals surface area contributed by atoms with Crippen molar-refractivity contribution in [3.63, 3.8) is 0 Å². The molecule has 0 spiro atoms. The maximum atomic E-state index is 6.76. The average Bonchev–Trinajstić information content (AvgIpc) is 3.04. The molecule has 2 aliphatic heterocycles. The van der Waals surface area contributed by atoms with Gasteiger partial charge >= 0.3 is 0 Å². The Morgan fingerprint density at radius 2 is 2.22 bits per heavy atom. The Bertz CT molecular complexity index is 778. The standard InChI is InChI=1S/C20H23BrClN3O2/c1-23-25-20(15-6-2-3-10-24-19(21)9-8-15)16(22)11-14-5-4-7-17-18(12-14)27-13-26-17/h4-6,8-10,12,19,23,25H,2-3,7,11,13H2,1H3. The number of nitrogens with zero attached hydrogens (tertiary/aromatic N) is 1. The molecule has 1 aliphatic carbocycles. The Kier molecular flexibility index (Phi) is 7.38. The summed E-state index contributed by atoms with van der Waals surface area (Å²) < 4.78 is 11.0. The van der Waals surface area contributed by atoms with Gasteiger partial charge in [-0.25, -0.2) is 5.43 Å². The number of halogens is 2. The summed E-state index contributed by atoms with van der Waals surface area (Å²) >= 11 is 10.3. The number of hydrogen-bond acceptors (Lipinski definition) is 5. The molecule has 0 aromatic heterocycles. The largest absolute Gasteiger partial charge is 0.458 e. The number of allylic oxidation sites excluding steroid dienone is 7. The second-order valence-corrected chi connectivity index (χ2v) is 7.55. The van der Waals surface area contributed by atoms with Crippen molar-refractivity contribution in [1.82, 2.24) is 10.9 Å². The average molecular weight is 453 g/mol. The monoisotopic (exact) mass is 451 g/mol. The molecule has 0 bridgehead atoms. The molecular weight excluding hydrogens is 430 g/mol. The summed E-state index contributed by atoms with van der Waals surface area (Å²) in [6, 6.07) is 0. The number of hydrazine groups is 1. The van der Waals surface area contributed by atoms with Crippen molar-refractivity contribution in [2.75, 3.05) is 13.8 Å². The number of rotatable bonds is 5. The Morgan fingerprint density at radius 1 is 1.33 bits per heavy atom. The minimum Gasteiger partial charge on any atom is -0.458 e. The Morgan fingerprint density at radius 3 is 3.07 bits per heavy atom. The zero-order valence-electron chi connectivity index (χ0n) is 15.2. The van der Waals surface area contributed by atoms with E-state index in [0.717, 1.165) is 47.6 Å². The predicted octanol–water partition coefficient (Wildman–Crippen LogP) is 4.72. The third-order valence-corrected chi connectivity index (χ3v) is 5.05. The molecule has 2 heterocycles. The van der Waals surface area contributed by atoms with Gasteiger partial charge in [-0.1, -0.05) is 51.8 Å². The van der Waals surface area contributed by atoms with Crippen LogP contribution in [0.15, 0.2) is 74.8 Å². The van der Waals surface area contributed by atoms with E-state index in [9.17, 15) is 0 Å².